The minimum Gasteiger partial charge on any atom is -0.455 e. The smallest absolute Gasteiger partial charge is 0.287 e. The monoisotopic (exact) mass is 384 g/mol. The van der Waals surface area contributed by atoms with Crippen LogP contribution in [0.15, 0.2) is 27.6 Å². The molecule has 3 aliphatic rings. The van der Waals surface area contributed by atoms with E-state index in [0.717, 1.165) is 46.1 Å². The van der Waals surface area contributed by atoms with Crippen LogP contribution < -0.4 is 14.8 Å². The minimum absolute atomic E-state index is 0.123. The van der Waals surface area contributed by atoms with E-state index in [1.807, 2.05) is 36.9 Å². The normalized spacial score (nSPS) is 22.2. The molecule has 2 aliphatic heterocycles. The third-order valence-electron chi connectivity index (χ3n) is 5.31. The van der Waals surface area contributed by atoms with Gasteiger partial charge in [-0.3, -0.25) is 9.79 Å². The molecule has 1 amide bonds. The van der Waals surface area contributed by atoms with Crippen molar-refractivity contribution in [2.45, 2.75) is 44.5 Å². The summed E-state index contributed by atoms with van der Waals surface area (Å²) in [6.45, 7) is 4.66. The number of nitrogens with zero attached hydrogens (tertiary/aromatic N) is 1. The van der Waals surface area contributed by atoms with Crippen molar-refractivity contribution in [2.75, 3.05) is 6.79 Å². The number of carbonyl (C=O) groups is 1. The SMILES string of the molecule is CC1=N[C@@H]2c3c(oc(C(=O)NCc4ccc5c(c4)OCO5)c3C)CC[C@H]2S1. The highest BCUT2D eigenvalue weighted by Crippen LogP contribution is 2.47. The second-order valence-corrected chi connectivity index (χ2v) is 8.48. The predicted octanol–water partition coefficient (Wildman–Crippen LogP) is 3.77. The number of thioether (sulfide) groups is 1. The highest BCUT2D eigenvalue weighted by Gasteiger charge is 2.39. The van der Waals surface area contributed by atoms with Gasteiger partial charge in [0.15, 0.2) is 17.3 Å². The van der Waals surface area contributed by atoms with Gasteiger partial charge in [-0.15, -0.1) is 11.8 Å². The van der Waals surface area contributed by atoms with E-state index in [0.29, 0.717) is 23.3 Å². The zero-order valence-electron chi connectivity index (χ0n) is 15.2. The first-order chi connectivity index (χ1) is 13.1. The molecule has 27 heavy (non-hydrogen) atoms. The molecule has 140 valence electrons. The zero-order chi connectivity index (χ0) is 18.5. The summed E-state index contributed by atoms with van der Waals surface area (Å²) in [5.41, 5.74) is 2.99. The molecule has 2 atom stereocenters. The summed E-state index contributed by atoms with van der Waals surface area (Å²) in [6, 6.07) is 5.79. The summed E-state index contributed by atoms with van der Waals surface area (Å²) in [6.07, 6.45) is 1.90. The number of furan rings is 1. The molecule has 6 nitrogen and oxygen atoms in total. The van der Waals surface area contributed by atoms with Crippen molar-refractivity contribution >= 4 is 22.7 Å². The average Bonchev–Trinajstić information content (AvgIpc) is 3.35. The molecule has 5 rings (SSSR count). The van der Waals surface area contributed by atoms with E-state index in [-0.39, 0.29) is 18.7 Å². The quantitative estimate of drug-likeness (QED) is 0.872. The van der Waals surface area contributed by atoms with Crippen molar-refractivity contribution in [3.05, 3.63) is 46.4 Å². The van der Waals surface area contributed by atoms with Crippen LogP contribution in [0.2, 0.25) is 0 Å². The first kappa shape index (κ1) is 16.7. The zero-order valence-corrected chi connectivity index (χ0v) is 16.0. The Bertz CT molecular complexity index is 965. The Morgan fingerprint density at radius 3 is 3.04 bits per heavy atom. The van der Waals surface area contributed by atoms with Gasteiger partial charge < -0.3 is 19.2 Å². The van der Waals surface area contributed by atoms with Crippen LogP contribution in [0.1, 0.15) is 52.4 Å². The van der Waals surface area contributed by atoms with Gasteiger partial charge >= 0.3 is 0 Å². The fraction of sp³-hybridized carbons (Fsp3) is 0.400. The molecule has 3 heterocycles. The van der Waals surface area contributed by atoms with E-state index in [4.69, 9.17) is 18.9 Å². The number of ether oxygens (including phenoxy) is 2. The number of benzene rings is 1. The number of aryl methyl sites for hydroxylation is 1. The molecule has 2 aromatic rings. The van der Waals surface area contributed by atoms with E-state index in [1.165, 1.54) is 0 Å². The predicted molar refractivity (Wildman–Crippen MR) is 103 cm³/mol. The van der Waals surface area contributed by atoms with Crippen LogP contribution in [0.3, 0.4) is 0 Å². The fourth-order valence-corrected chi connectivity index (χ4v) is 5.20. The molecule has 0 fully saturated rings. The van der Waals surface area contributed by atoms with Gasteiger partial charge in [-0.25, -0.2) is 0 Å². The molecule has 7 heteroatoms. The molecular weight excluding hydrogens is 364 g/mol. The topological polar surface area (TPSA) is 73.1 Å². The molecule has 0 spiro atoms. The van der Waals surface area contributed by atoms with Gasteiger partial charge in [-0.2, -0.15) is 0 Å². The fourth-order valence-electron chi connectivity index (χ4n) is 4.02. The standard InChI is InChI=1S/C20H20N2O4S/c1-10-17-14(5-6-16-18(17)22-11(2)27-16)26-19(10)20(23)21-8-12-3-4-13-15(7-12)25-9-24-13/h3-4,7,16,18H,5-6,8-9H2,1-2H3,(H,21,23)/t16-,18+/m1/s1. The molecule has 1 aromatic heterocycles. The van der Waals surface area contributed by atoms with Crippen molar-refractivity contribution in [3.63, 3.8) is 0 Å². The van der Waals surface area contributed by atoms with Crippen LogP contribution in [0.25, 0.3) is 0 Å². The molecular formula is C20H20N2O4S. The number of amides is 1. The number of fused-ring (bicyclic) bond motifs is 4. The van der Waals surface area contributed by atoms with Gasteiger partial charge in [0.2, 0.25) is 6.79 Å². The Morgan fingerprint density at radius 2 is 2.15 bits per heavy atom. The Balaban J connectivity index is 1.35. The first-order valence-corrected chi connectivity index (χ1v) is 9.98. The summed E-state index contributed by atoms with van der Waals surface area (Å²) in [4.78, 5) is 17.5. The number of rotatable bonds is 3. The van der Waals surface area contributed by atoms with Crippen LogP contribution in [-0.2, 0) is 13.0 Å². The largest absolute Gasteiger partial charge is 0.455 e. The molecule has 1 N–H and O–H groups in total. The molecule has 0 bridgehead atoms. The van der Waals surface area contributed by atoms with E-state index >= 15 is 0 Å². The second-order valence-electron chi connectivity index (χ2n) is 7.05. The van der Waals surface area contributed by atoms with Crippen LogP contribution in [0.4, 0.5) is 0 Å². The molecule has 0 unspecified atom stereocenters. The average molecular weight is 384 g/mol. The number of nitrogens with one attached hydrogen (secondary N) is 1. The maximum Gasteiger partial charge on any atom is 0.287 e. The van der Waals surface area contributed by atoms with Crippen molar-refractivity contribution in [2.24, 2.45) is 4.99 Å². The number of aliphatic imine (C=N–C) groups is 1. The lowest BCUT2D eigenvalue weighted by molar-refractivity contribution is 0.0920. The molecule has 1 aromatic carbocycles. The third-order valence-corrected chi connectivity index (χ3v) is 6.56. The lowest BCUT2D eigenvalue weighted by Crippen LogP contribution is -2.23. The number of carbonyl (C=O) groups excluding carboxylic acids is 1. The van der Waals surface area contributed by atoms with Crippen LogP contribution in [-0.4, -0.2) is 23.0 Å². The Kier molecular flexibility index (Phi) is 3.93. The van der Waals surface area contributed by atoms with E-state index < -0.39 is 0 Å². The summed E-state index contributed by atoms with van der Waals surface area (Å²) in [5, 5.41) is 4.54. The molecule has 0 saturated carbocycles. The van der Waals surface area contributed by atoms with Gasteiger partial charge in [0, 0.05) is 29.3 Å². The van der Waals surface area contributed by atoms with Crippen molar-refractivity contribution < 1.29 is 18.7 Å². The van der Waals surface area contributed by atoms with Crippen molar-refractivity contribution in [1.82, 2.24) is 5.32 Å². The van der Waals surface area contributed by atoms with Gasteiger partial charge in [-0.05, 0) is 38.0 Å². The maximum absolute atomic E-state index is 12.7. The first-order valence-electron chi connectivity index (χ1n) is 9.10. The lowest BCUT2D eigenvalue weighted by atomic mass is 9.90. The second kappa shape index (κ2) is 6.34. The third kappa shape index (κ3) is 2.81. The summed E-state index contributed by atoms with van der Waals surface area (Å²) >= 11 is 1.84. The van der Waals surface area contributed by atoms with Gasteiger partial charge in [0.1, 0.15) is 5.76 Å². The maximum atomic E-state index is 12.7. The Labute approximate surface area is 161 Å². The van der Waals surface area contributed by atoms with Crippen molar-refractivity contribution in [3.8, 4) is 11.5 Å². The van der Waals surface area contributed by atoms with Crippen LogP contribution in [0.5, 0.6) is 11.5 Å². The van der Waals surface area contributed by atoms with Gasteiger partial charge in [0.25, 0.3) is 5.91 Å². The molecule has 0 saturated heterocycles. The molecule has 1 aliphatic carbocycles. The summed E-state index contributed by atoms with van der Waals surface area (Å²) in [5.74, 6) is 2.58. The van der Waals surface area contributed by atoms with E-state index in [2.05, 4.69) is 12.2 Å². The number of hydrogen-bond donors (Lipinski definition) is 1. The van der Waals surface area contributed by atoms with E-state index in [1.54, 1.807) is 0 Å². The minimum atomic E-state index is -0.192. The lowest BCUT2D eigenvalue weighted by Gasteiger charge is -2.22. The van der Waals surface area contributed by atoms with Gasteiger partial charge in [-0.1, -0.05) is 6.07 Å². The van der Waals surface area contributed by atoms with Gasteiger partial charge in [0.05, 0.1) is 11.1 Å². The highest BCUT2D eigenvalue weighted by molar-refractivity contribution is 8.14. The van der Waals surface area contributed by atoms with Crippen LogP contribution in [0, 0.1) is 6.92 Å². The Morgan fingerprint density at radius 1 is 1.30 bits per heavy atom. The summed E-state index contributed by atoms with van der Waals surface area (Å²) < 4.78 is 16.7. The molecule has 0 radical (unpaired) electrons. The summed E-state index contributed by atoms with van der Waals surface area (Å²) in [7, 11) is 0. The van der Waals surface area contributed by atoms with Crippen molar-refractivity contribution in [1.29, 1.82) is 0 Å². The van der Waals surface area contributed by atoms with E-state index in [9.17, 15) is 4.79 Å². The Hall–Kier alpha value is -2.41. The van der Waals surface area contributed by atoms with Crippen LogP contribution >= 0.6 is 11.8 Å². The number of hydrogen-bond acceptors (Lipinski definition) is 6. The highest BCUT2D eigenvalue weighted by atomic mass is 32.2.